The number of rotatable bonds is 4. The molecule has 1 saturated heterocycles. The van der Waals surface area contributed by atoms with E-state index in [-0.39, 0.29) is 39.9 Å². The van der Waals surface area contributed by atoms with Crippen LogP contribution < -0.4 is 19.9 Å². The zero-order valence-electron chi connectivity index (χ0n) is 15.3. The van der Waals surface area contributed by atoms with E-state index >= 15 is 0 Å². The number of halogens is 2. The fourth-order valence-corrected chi connectivity index (χ4v) is 3.31. The molecule has 1 fully saturated rings. The van der Waals surface area contributed by atoms with Gasteiger partial charge in [0.1, 0.15) is 18.4 Å². The van der Waals surface area contributed by atoms with E-state index in [0.717, 1.165) is 11.0 Å². The fourth-order valence-electron chi connectivity index (χ4n) is 2.94. The third kappa shape index (κ3) is 3.36. The molecule has 0 atom stereocenters. The Hall–Kier alpha value is -3.58. The second-order valence-corrected chi connectivity index (χ2v) is 6.30. The zero-order chi connectivity index (χ0) is 21.3. The van der Waals surface area contributed by atoms with Gasteiger partial charge in [0.15, 0.2) is 16.7 Å². The van der Waals surface area contributed by atoms with Crippen LogP contribution in [-0.2, 0) is 4.79 Å². The number of thiocarbonyl (C=S) groups is 1. The Morgan fingerprint density at radius 2 is 2.03 bits per heavy atom. The first kappa shape index (κ1) is 20.2. The number of hydrogen-bond donors (Lipinski definition) is 1. The molecule has 2 aromatic carbocycles. The number of carbonyl (C=O) groups excluding carboxylic acids is 2. The topological polar surface area (TPSA) is 85.7 Å². The predicted octanol–water partition coefficient (Wildman–Crippen LogP) is 2.34. The number of nitrogens with one attached hydrogen (secondary N) is 1. The van der Waals surface area contributed by atoms with Crippen molar-refractivity contribution in [3.8, 4) is 11.8 Å². The average molecular weight is 416 g/mol. The number of nitriles is 1. The van der Waals surface area contributed by atoms with Gasteiger partial charge in [0.05, 0.1) is 23.9 Å². The molecule has 3 rings (SSSR count). The molecule has 10 heteroatoms. The smallest absolute Gasteiger partial charge is 0.253 e. The number of methoxy groups -OCH3 is 1. The monoisotopic (exact) mass is 416 g/mol. The number of ether oxygens (including phenoxy) is 1. The molecule has 29 heavy (non-hydrogen) atoms. The highest BCUT2D eigenvalue weighted by atomic mass is 32.1. The van der Waals surface area contributed by atoms with E-state index in [4.69, 9.17) is 22.2 Å². The molecule has 7 nitrogen and oxygen atoms in total. The second kappa shape index (κ2) is 7.81. The van der Waals surface area contributed by atoms with Crippen LogP contribution in [0.2, 0.25) is 0 Å². The minimum absolute atomic E-state index is 0.0324. The molecule has 148 valence electrons. The third-order valence-electron chi connectivity index (χ3n) is 4.34. The molecule has 1 N–H and O–H groups in total. The number of carbonyl (C=O) groups is 2. The summed E-state index contributed by atoms with van der Waals surface area (Å²) in [6.07, 6.45) is 0. The van der Waals surface area contributed by atoms with E-state index in [1.807, 2.05) is 0 Å². The van der Waals surface area contributed by atoms with Gasteiger partial charge in [-0.25, -0.2) is 8.78 Å². The third-order valence-corrected chi connectivity index (χ3v) is 4.75. The first-order chi connectivity index (χ1) is 13.8. The van der Waals surface area contributed by atoms with Crippen LogP contribution in [0.25, 0.3) is 0 Å². The molecule has 0 spiro atoms. The molecule has 2 amide bonds. The molecule has 2 aromatic rings. The SMILES string of the molecule is CNC(=O)c1ccc(N2CC(=O)N(c3ccc(C#N)c(OC)c3F)C2=S)cc1F. The quantitative estimate of drug-likeness (QED) is 0.771. The van der Waals surface area contributed by atoms with Gasteiger partial charge < -0.3 is 15.0 Å². The van der Waals surface area contributed by atoms with Gasteiger partial charge in [-0.2, -0.15) is 5.26 Å². The Kier molecular flexibility index (Phi) is 5.43. The van der Waals surface area contributed by atoms with Crippen molar-refractivity contribution >= 4 is 40.5 Å². The summed E-state index contributed by atoms with van der Waals surface area (Å²) in [4.78, 5) is 26.5. The van der Waals surface area contributed by atoms with Crippen LogP contribution in [0.3, 0.4) is 0 Å². The molecule has 0 unspecified atom stereocenters. The van der Waals surface area contributed by atoms with Crippen molar-refractivity contribution in [1.29, 1.82) is 5.26 Å². The Bertz CT molecular complexity index is 1080. The molecule has 0 bridgehead atoms. The van der Waals surface area contributed by atoms with Gasteiger partial charge in [-0.3, -0.25) is 14.5 Å². The molecule has 0 aliphatic carbocycles. The summed E-state index contributed by atoms with van der Waals surface area (Å²) in [5.74, 6) is -3.15. The summed E-state index contributed by atoms with van der Waals surface area (Å²) in [7, 11) is 2.58. The molecule has 1 heterocycles. The van der Waals surface area contributed by atoms with Crippen molar-refractivity contribution in [3.63, 3.8) is 0 Å². The maximum Gasteiger partial charge on any atom is 0.253 e. The zero-order valence-corrected chi connectivity index (χ0v) is 16.1. The lowest BCUT2D eigenvalue weighted by atomic mass is 10.1. The van der Waals surface area contributed by atoms with Crippen molar-refractivity contribution in [1.82, 2.24) is 5.32 Å². The van der Waals surface area contributed by atoms with E-state index in [2.05, 4.69) is 5.32 Å². The Balaban J connectivity index is 1.99. The summed E-state index contributed by atoms with van der Waals surface area (Å²) in [5, 5.41) is 11.3. The highest BCUT2D eigenvalue weighted by Gasteiger charge is 2.37. The maximum atomic E-state index is 14.8. The molecule has 1 aliphatic rings. The van der Waals surface area contributed by atoms with Gasteiger partial charge in [0.25, 0.3) is 11.8 Å². The number of benzene rings is 2. The Labute approximate surface area is 170 Å². The first-order valence-corrected chi connectivity index (χ1v) is 8.67. The van der Waals surface area contributed by atoms with Crippen LogP contribution in [0.5, 0.6) is 5.75 Å². The van der Waals surface area contributed by atoms with Gasteiger partial charge in [0.2, 0.25) is 0 Å². The Morgan fingerprint density at radius 1 is 1.31 bits per heavy atom. The maximum absolute atomic E-state index is 14.8. The van der Waals surface area contributed by atoms with Crippen LogP contribution in [0, 0.1) is 23.0 Å². The van der Waals surface area contributed by atoms with Crippen molar-refractivity contribution in [2.75, 3.05) is 30.5 Å². The van der Waals surface area contributed by atoms with Gasteiger partial charge in [-0.15, -0.1) is 0 Å². The van der Waals surface area contributed by atoms with Crippen LogP contribution in [0.15, 0.2) is 30.3 Å². The van der Waals surface area contributed by atoms with Crippen molar-refractivity contribution < 1.29 is 23.1 Å². The van der Waals surface area contributed by atoms with E-state index in [9.17, 15) is 18.4 Å². The van der Waals surface area contributed by atoms with E-state index in [0.29, 0.717) is 0 Å². The molecule has 0 radical (unpaired) electrons. The standard InChI is InChI=1S/C19H14F2N4O3S/c1-23-18(27)12-5-4-11(7-13(12)20)24-9-15(26)25(19(24)29)14-6-3-10(8-22)17(28-2)16(14)21/h3-7H,9H2,1-2H3,(H,23,27). The van der Waals surface area contributed by atoms with Crippen LogP contribution in [0.1, 0.15) is 15.9 Å². The molecule has 0 aromatic heterocycles. The van der Waals surface area contributed by atoms with Crippen molar-refractivity contribution in [2.45, 2.75) is 0 Å². The summed E-state index contributed by atoms with van der Waals surface area (Å²) in [5.41, 5.74) is -0.139. The predicted molar refractivity (Wildman–Crippen MR) is 105 cm³/mol. The average Bonchev–Trinajstić information content (AvgIpc) is 3.01. The highest BCUT2D eigenvalue weighted by molar-refractivity contribution is 7.81. The lowest BCUT2D eigenvalue weighted by Crippen LogP contribution is -2.33. The number of anilines is 2. The van der Waals surface area contributed by atoms with Crippen LogP contribution in [0.4, 0.5) is 20.2 Å². The number of amides is 2. The molecular weight excluding hydrogens is 402 g/mol. The van der Waals surface area contributed by atoms with Gasteiger partial charge in [-0.05, 0) is 42.5 Å². The van der Waals surface area contributed by atoms with E-state index in [1.54, 1.807) is 6.07 Å². The van der Waals surface area contributed by atoms with E-state index < -0.39 is 23.4 Å². The van der Waals surface area contributed by atoms with Crippen molar-refractivity contribution in [2.24, 2.45) is 0 Å². The summed E-state index contributed by atoms with van der Waals surface area (Å²) in [6, 6.07) is 8.14. The molecular formula is C19H14F2N4O3S. The molecule has 0 saturated carbocycles. The largest absolute Gasteiger partial charge is 0.492 e. The van der Waals surface area contributed by atoms with E-state index in [1.165, 1.54) is 43.3 Å². The summed E-state index contributed by atoms with van der Waals surface area (Å²) in [6.45, 7) is -0.251. The lowest BCUT2D eigenvalue weighted by molar-refractivity contribution is -0.115. The van der Waals surface area contributed by atoms with Gasteiger partial charge >= 0.3 is 0 Å². The normalized spacial score (nSPS) is 13.5. The number of hydrogen-bond acceptors (Lipinski definition) is 5. The highest BCUT2D eigenvalue weighted by Crippen LogP contribution is 2.34. The van der Waals surface area contributed by atoms with Gasteiger partial charge in [0, 0.05) is 12.7 Å². The van der Waals surface area contributed by atoms with Crippen molar-refractivity contribution in [3.05, 3.63) is 53.1 Å². The Morgan fingerprint density at radius 3 is 2.62 bits per heavy atom. The first-order valence-electron chi connectivity index (χ1n) is 8.26. The molecule has 1 aliphatic heterocycles. The van der Waals surface area contributed by atoms with Crippen LogP contribution in [-0.4, -0.2) is 37.6 Å². The number of nitrogens with zero attached hydrogens (tertiary/aromatic N) is 3. The fraction of sp³-hybridized carbons (Fsp3) is 0.158. The van der Waals surface area contributed by atoms with Gasteiger partial charge in [-0.1, -0.05) is 0 Å². The van der Waals surface area contributed by atoms with Crippen LogP contribution >= 0.6 is 12.2 Å². The second-order valence-electron chi connectivity index (χ2n) is 5.93. The summed E-state index contributed by atoms with van der Waals surface area (Å²) < 4.78 is 34.1. The lowest BCUT2D eigenvalue weighted by Gasteiger charge is -2.21. The summed E-state index contributed by atoms with van der Waals surface area (Å²) >= 11 is 5.31. The minimum Gasteiger partial charge on any atom is -0.492 e. The minimum atomic E-state index is -0.912.